The number of hydrogen-bond acceptors (Lipinski definition) is 2. The van der Waals surface area contributed by atoms with Crippen LogP contribution in [0, 0.1) is 0 Å². The van der Waals surface area contributed by atoms with Crippen LogP contribution in [0.25, 0.3) is 0 Å². The van der Waals surface area contributed by atoms with Crippen LogP contribution in [0.15, 0.2) is 0 Å². The summed E-state index contributed by atoms with van der Waals surface area (Å²) in [5, 5.41) is 7.21. The zero-order valence-corrected chi connectivity index (χ0v) is 11.8. The molecule has 0 atom stereocenters. The van der Waals surface area contributed by atoms with E-state index in [0.717, 1.165) is 12.1 Å². The fourth-order valence-corrected chi connectivity index (χ4v) is 2.02. The Morgan fingerprint density at radius 3 is 1.19 bits per heavy atom. The highest BCUT2D eigenvalue weighted by Gasteiger charge is 2.02. The summed E-state index contributed by atoms with van der Waals surface area (Å²) in [5.74, 6) is 0. The van der Waals surface area contributed by atoms with E-state index >= 15 is 0 Å². The van der Waals surface area contributed by atoms with Gasteiger partial charge in [-0.15, -0.1) is 0 Å². The average Bonchev–Trinajstić information content (AvgIpc) is 2.33. The predicted molar refractivity (Wildman–Crippen MR) is 74.0 cm³/mol. The summed E-state index contributed by atoms with van der Waals surface area (Å²) in [6, 6.07) is 1.46. The van der Waals surface area contributed by atoms with Crippen molar-refractivity contribution in [2.45, 2.75) is 78.3 Å². The number of rotatable bonds is 11. The molecule has 0 saturated heterocycles. The molecular formula is C14H32N2. The van der Waals surface area contributed by atoms with Crippen LogP contribution in [0.2, 0.25) is 0 Å². The Morgan fingerprint density at radius 1 is 0.625 bits per heavy atom. The van der Waals surface area contributed by atoms with Gasteiger partial charge in [0.25, 0.3) is 0 Å². The van der Waals surface area contributed by atoms with Gasteiger partial charge in [-0.1, -0.05) is 27.7 Å². The van der Waals surface area contributed by atoms with Gasteiger partial charge in [0.15, 0.2) is 0 Å². The largest absolute Gasteiger partial charge is 0.314 e. The minimum absolute atomic E-state index is 0.729. The number of hydrogen-bond donors (Lipinski definition) is 2. The zero-order chi connectivity index (χ0) is 12.2. The van der Waals surface area contributed by atoms with E-state index in [4.69, 9.17) is 0 Å². The molecule has 0 spiro atoms. The minimum atomic E-state index is 0.729. The molecule has 98 valence electrons. The Morgan fingerprint density at radius 2 is 0.938 bits per heavy atom. The van der Waals surface area contributed by atoms with Gasteiger partial charge < -0.3 is 10.6 Å². The minimum Gasteiger partial charge on any atom is -0.314 e. The van der Waals surface area contributed by atoms with Crippen molar-refractivity contribution in [3.05, 3.63) is 0 Å². The van der Waals surface area contributed by atoms with E-state index in [1.165, 1.54) is 51.6 Å². The van der Waals surface area contributed by atoms with E-state index in [1.54, 1.807) is 0 Å². The summed E-state index contributed by atoms with van der Waals surface area (Å²) in [4.78, 5) is 0. The molecule has 2 nitrogen and oxygen atoms in total. The quantitative estimate of drug-likeness (QED) is 0.530. The zero-order valence-electron chi connectivity index (χ0n) is 11.8. The lowest BCUT2D eigenvalue weighted by atomic mass is 10.1. The van der Waals surface area contributed by atoms with Gasteiger partial charge >= 0.3 is 0 Å². The third kappa shape index (κ3) is 8.12. The Labute approximate surface area is 103 Å². The van der Waals surface area contributed by atoms with Crippen molar-refractivity contribution < 1.29 is 0 Å². The van der Waals surface area contributed by atoms with Crippen LogP contribution in [0.3, 0.4) is 0 Å². The van der Waals surface area contributed by atoms with Crippen LogP contribution >= 0.6 is 0 Å². The van der Waals surface area contributed by atoms with E-state index in [1.807, 2.05) is 0 Å². The third-order valence-electron chi connectivity index (χ3n) is 3.44. The predicted octanol–water partition coefficient (Wildman–Crippen LogP) is 3.32. The molecule has 0 aromatic carbocycles. The van der Waals surface area contributed by atoms with E-state index < -0.39 is 0 Å². The molecule has 0 heterocycles. The van der Waals surface area contributed by atoms with Crippen molar-refractivity contribution in [3.63, 3.8) is 0 Å². The molecule has 0 rings (SSSR count). The first-order valence-electron chi connectivity index (χ1n) is 7.25. The van der Waals surface area contributed by atoms with Crippen molar-refractivity contribution in [1.82, 2.24) is 10.6 Å². The van der Waals surface area contributed by atoms with Crippen LogP contribution in [0.4, 0.5) is 0 Å². The number of unbranched alkanes of at least 4 members (excludes halogenated alkanes) is 1. The maximum absolute atomic E-state index is 3.61. The summed E-state index contributed by atoms with van der Waals surface area (Å²) < 4.78 is 0. The Bertz CT molecular complexity index is 113. The van der Waals surface area contributed by atoms with Crippen LogP contribution in [-0.4, -0.2) is 25.2 Å². The van der Waals surface area contributed by atoms with Gasteiger partial charge in [0.1, 0.15) is 0 Å². The monoisotopic (exact) mass is 228 g/mol. The third-order valence-corrected chi connectivity index (χ3v) is 3.44. The molecule has 0 fully saturated rings. The van der Waals surface area contributed by atoms with Crippen molar-refractivity contribution in [1.29, 1.82) is 0 Å². The van der Waals surface area contributed by atoms with Gasteiger partial charge in [-0.25, -0.2) is 0 Å². The average molecular weight is 228 g/mol. The standard InChI is InChI=1S/C14H32N2/c1-5-13(6-2)15-11-9-10-12-16-14(7-3)8-4/h13-16H,5-12H2,1-4H3. The maximum atomic E-state index is 3.61. The van der Waals surface area contributed by atoms with Gasteiger partial charge in [0.2, 0.25) is 0 Å². The van der Waals surface area contributed by atoms with E-state index in [2.05, 4.69) is 38.3 Å². The summed E-state index contributed by atoms with van der Waals surface area (Å²) in [6.45, 7) is 11.4. The molecule has 0 unspecified atom stereocenters. The molecule has 0 aromatic heterocycles. The Hall–Kier alpha value is -0.0800. The topological polar surface area (TPSA) is 24.1 Å². The van der Waals surface area contributed by atoms with Gasteiger partial charge in [-0.3, -0.25) is 0 Å². The van der Waals surface area contributed by atoms with Gasteiger partial charge in [0.05, 0.1) is 0 Å². The van der Waals surface area contributed by atoms with Crippen molar-refractivity contribution in [2.24, 2.45) is 0 Å². The molecule has 0 aliphatic carbocycles. The lowest BCUT2D eigenvalue weighted by molar-refractivity contribution is 0.448. The smallest absolute Gasteiger partial charge is 0.00618 e. The van der Waals surface area contributed by atoms with E-state index in [-0.39, 0.29) is 0 Å². The molecule has 0 amide bonds. The molecule has 0 aliphatic rings. The maximum Gasteiger partial charge on any atom is 0.00618 e. The summed E-state index contributed by atoms with van der Waals surface area (Å²) in [7, 11) is 0. The molecule has 0 aliphatic heterocycles. The second kappa shape index (κ2) is 11.4. The fourth-order valence-electron chi connectivity index (χ4n) is 2.02. The van der Waals surface area contributed by atoms with Gasteiger partial charge in [0, 0.05) is 12.1 Å². The molecule has 2 heteroatoms. The Balaban J connectivity index is 3.26. The first-order chi connectivity index (χ1) is 7.78. The van der Waals surface area contributed by atoms with Crippen LogP contribution in [0.5, 0.6) is 0 Å². The highest BCUT2D eigenvalue weighted by atomic mass is 14.9. The second-order valence-electron chi connectivity index (χ2n) is 4.64. The highest BCUT2D eigenvalue weighted by Crippen LogP contribution is 1.98. The van der Waals surface area contributed by atoms with E-state index in [0.29, 0.717) is 0 Å². The summed E-state index contributed by atoms with van der Waals surface area (Å²) in [6.07, 6.45) is 7.60. The highest BCUT2D eigenvalue weighted by molar-refractivity contribution is 4.64. The second-order valence-corrected chi connectivity index (χ2v) is 4.64. The summed E-state index contributed by atoms with van der Waals surface area (Å²) in [5.41, 5.74) is 0. The summed E-state index contributed by atoms with van der Waals surface area (Å²) >= 11 is 0. The van der Waals surface area contributed by atoms with Crippen LogP contribution in [0.1, 0.15) is 66.2 Å². The van der Waals surface area contributed by atoms with Crippen molar-refractivity contribution >= 4 is 0 Å². The fraction of sp³-hybridized carbons (Fsp3) is 1.00. The van der Waals surface area contributed by atoms with Gasteiger partial charge in [-0.05, 0) is 51.6 Å². The van der Waals surface area contributed by atoms with Crippen LogP contribution in [-0.2, 0) is 0 Å². The first-order valence-corrected chi connectivity index (χ1v) is 7.25. The van der Waals surface area contributed by atoms with Crippen LogP contribution < -0.4 is 10.6 Å². The molecule has 0 saturated carbocycles. The van der Waals surface area contributed by atoms with Crippen molar-refractivity contribution in [2.75, 3.05) is 13.1 Å². The van der Waals surface area contributed by atoms with Crippen molar-refractivity contribution in [3.8, 4) is 0 Å². The van der Waals surface area contributed by atoms with Gasteiger partial charge in [-0.2, -0.15) is 0 Å². The normalized spacial score (nSPS) is 11.6. The number of nitrogens with one attached hydrogen (secondary N) is 2. The Kier molecular flexibility index (Phi) is 11.3. The molecule has 16 heavy (non-hydrogen) atoms. The lowest BCUT2D eigenvalue weighted by Gasteiger charge is -2.16. The first kappa shape index (κ1) is 15.9. The SMILES string of the molecule is CCC(CC)NCCCCNC(CC)CC. The molecule has 0 aromatic rings. The molecule has 0 bridgehead atoms. The molecule has 2 N–H and O–H groups in total. The van der Waals surface area contributed by atoms with E-state index in [9.17, 15) is 0 Å². The lowest BCUT2D eigenvalue weighted by Crippen LogP contribution is -2.31. The molecular weight excluding hydrogens is 196 g/mol. The molecule has 0 radical (unpaired) electrons.